The van der Waals surface area contributed by atoms with Crippen molar-refractivity contribution in [2.24, 2.45) is 0 Å². The van der Waals surface area contributed by atoms with Crippen LogP contribution in [-0.4, -0.2) is 47.1 Å². The molecular formula is C25H21FN4O2. The molecule has 0 bridgehead atoms. The Morgan fingerprint density at radius 1 is 0.844 bits per heavy atom. The van der Waals surface area contributed by atoms with Gasteiger partial charge in [-0.1, -0.05) is 35.5 Å². The number of rotatable bonds is 4. The van der Waals surface area contributed by atoms with Crippen LogP contribution in [0.3, 0.4) is 0 Å². The van der Waals surface area contributed by atoms with Crippen molar-refractivity contribution in [2.75, 3.05) is 31.1 Å². The summed E-state index contributed by atoms with van der Waals surface area (Å²) in [5.41, 5.74) is 2.92. The third-order valence-electron chi connectivity index (χ3n) is 5.60. The van der Waals surface area contributed by atoms with Gasteiger partial charge in [0.15, 0.2) is 0 Å². The number of nitrogens with zero attached hydrogens (tertiary/aromatic N) is 4. The first-order chi connectivity index (χ1) is 15.7. The van der Waals surface area contributed by atoms with E-state index in [1.54, 1.807) is 24.3 Å². The normalized spacial score (nSPS) is 13.9. The number of carbonyl (C=O) groups excluding carboxylic acids is 1. The molecule has 1 fully saturated rings. The van der Waals surface area contributed by atoms with Crippen molar-refractivity contribution >= 4 is 11.6 Å². The third kappa shape index (κ3) is 3.97. The quantitative estimate of drug-likeness (QED) is 0.479. The summed E-state index contributed by atoms with van der Waals surface area (Å²) < 4.78 is 18.7. The number of hydrogen-bond acceptors (Lipinski definition) is 5. The molecule has 32 heavy (non-hydrogen) atoms. The Morgan fingerprint density at radius 2 is 1.53 bits per heavy atom. The largest absolute Gasteiger partial charge is 0.368 e. The van der Waals surface area contributed by atoms with E-state index < -0.39 is 0 Å². The van der Waals surface area contributed by atoms with Crippen molar-refractivity contribution in [3.63, 3.8) is 0 Å². The van der Waals surface area contributed by atoms with Gasteiger partial charge in [0.25, 0.3) is 11.8 Å². The number of carbonyl (C=O) groups is 1. The van der Waals surface area contributed by atoms with Crippen molar-refractivity contribution in [2.45, 2.75) is 0 Å². The molecule has 0 unspecified atom stereocenters. The molecule has 3 aromatic carbocycles. The van der Waals surface area contributed by atoms with E-state index in [9.17, 15) is 9.18 Å². The highest BCUT2D eigenvalue weighted by Gasteiger charge is 2.25. The predicted molar refractivity (Wildman–Crippen MR) is 120 cm³/mol. The minimum atomic E-state index is -0.333. The monoisotopic (exact) mass is 428 g/mol. The fraction of sp³-hybridized carbons (Fsp3) is 0.160. The summed E-state index contributed by atoms with van der Waals surface area (Å²) in [4.78, 5) is 21.9. The van der Waals surface area contributed by atoms with Crippen molar-refractivity contribution in [1.29, 1.82) is 0 Å². The number of hydrogen-bond donors (Lipinski definition) is 0. The number of benzene rings is 3. The molecule has 5 rings (SSSR count). The highest BCUT2D eigenvalue weighted by Crippen LogP contribution is 2.27. The van der Waals surface area contributed by atoms with Gasteiger partial charge in [0.05, 0.1) is 11.1 Å². The van der Waals surface area contributed by atoms with Crippen LogP contribution in [0.2, 0.25) is 0 Å². The molecule has 0 saturated carbocycles. The summed E-state index contributed by atoms with van der Waals surface area (Å²) in [5.74, 6) is 0.213. The Hall–Kier alpha value is -4.00. The van der Waals surface area contributed by atoms with Crippen molar-refractivity contribution in [1.82, 2.24) is 15.0 Å². The zero-order valence-corrected chi connectivity index (χ0v) is 17.3. The van der Waals surface area contributed by atoms with Crippen LogP contribution < -0.4 is 4.90 Å². The van der Waals surface area contributed by atoms with Crippen molar-refractivity contribution < 1.29 is 13.7 Å². The van der Waals surface area contributed by atoms with E-state index in [2.05, 4.69) is 27.2 Å². The predicted octanol–water partition coefficient (Wildman–Crippen LogP) is 4.51. The maximum Gasteiger partial charge on any atom is 0.259 e. The fourth-order valence-electron chi connectivity index (χ4n) is 3.88. The zero-order chi connectivity index (χ0) is 21.9. The number of anilines is 1. The Kier molecular flexibility index (Phi) is 5.37. The van der Waals surface area contributed by atoms with Gasteiger partial charge in [-0.05, 0) is 48.5 Å². The van der Waals surface area contributed by atoms with Gasteiger partial charge in [-0.2, -0.15) is 4.98 Å². The first-order valence-corrected chi connectivity index (χ1v) is 10.5. The second-order valence-electron chi connectivity index (χ2n) is 7.59. The second kappa shape index (κ2) is 8.63. The highest BCUT2D eigenvalue weighted by atomic mass is 19.1. The van der Waals surface area contributed by atoms with Gasteiger partial charge in [-0.3, -0.25) is 4.79 Å². The number of amides is 1. The summed E-state index contributed by atoms with van der Waals surface area (Å²) in [6, 6.07) is 23.3. The molecule has 0 radical (unpaired) electrons. The molecule has 0 N–H and O–H groups in total. The lowest BCUT2D eigenvalue weighted by Gasteiger charge is -2.36. The van der Waals surface area contributed by atoms with Gasteiger partial charge < -0.3 is 14.3 Å². The molecule has 7 heteroatoms. The number of piperazine rings is 1. The molecular weight excluding hydrogens is 407 g/mol. The van der Waals surface area contributed by atoms with E-state index in [0.717, 1.165) is 13.1 Å². The molecule has 0 atom stereocenters. The smallest absolute Gasteiger partial charge is 0.259 e. The summed E-state index contributed by atoms with van der Waals surface area (Å²) in [6.07, 6.45) is 0. The van der Waals surface area contributed by atoms with Crippen LogP contribution in [0.25, 0.3) is 22.8 Å². The molecule has 1 saturated heterocycles. The van der Waals surface area contributed by atoms with Gasteiger partial charge in [0, 0.05) is 37.4 Å². The van der Waals surface area contributed by atoms with Gasteiger partial charge in [0.2, 0.25) is 5.82 Å². The van der Waals surface area contributed by atoms with Crippen LogP contribution in [0.4, 0.5) is 10.1 Å². The molecule has 160 valence electrons. The van der Waals surface area contributed by atoms with Crippen LogP contribution in [0.5, 0.6) is 0 Å². The van der Waals surface area contributed by atoms with Crippen molar-refractivity contribution in [3.8, 4) is 22.8 Å². The van der Waals surface area contributed by atoms with E-state index in [1.807, 2.05) is 35.2 Å². The lowest BCUT2D eigenvalue weighted by atomic mass is 10.1. The standard InChI is InChI=1S/C25H21FN4O2/c26-19-12-10-18(11-13-19)23-27-24(32-28-23)21-8-4-5-9-22(21)25(31)30-16-14-29(15-17-30)20-6-2-1-3-7-20/h1-13H,14-17H2. The van der Waals surface area contributed by atoms with Crippen LogP contribution in [0, 0.1) is 5.82 Å². The Balaban J connectivity index is 1.35. The Bertz CT molecular complexity index is 1220. The summed E-state index contributed by atoms with van der Waals surface area (Å²) in [7, 11) is 0. The molecule has 4 aromatic rings. The van der Waals surface area contributed by atoms with E-state index in [0.29, 0.717) is 35.6 Å². The summed E-state index contributed by atoms with van der Waals surface area (Å²) in [5, 5.41) is 4.01. The lowest BCUT2D eigenvalue weighted by Crippen LogP contribution is -2.48. The molecule has 1 amide bonds. The van der Waals surface area contributed by atoms with Crippen LogP contribution in [0.1, 0.15) is 10.4 Å². The first-order valence-electron chi connectivity index (χ1n) is 10.5. The maximum absolute atomic E-state index is 13.3. The molecule has 6 nitrogen and oxygen atoms in total. The number of aromatic nitrogens is 2. The highest BCUT2D eigenvalue weighted by molar-refractivity contribution is 6.00. The average Bonchev–Trinajstić information content (AvgIpc) is 3.35. The molecule has 1 aromatic heterocycles. The maximum atomic E-state index is 13.3. The van der Waals surface area contributed by atoms with Gasteiger partial charge in [-0.15, -0.1) is 0 Å². The Morgan fingerprint density at radius 3 is 2.28 bits per heavy atom. The van der Waals surface area contributed by atoms with Crippen LogP contribution in [0.15, 0.2) is 83.4 Å². The van der Waals surface area contributed by atoms with E-state index >= 15 is 0 Å². The molecule has 0 aliphatic carbocycles. The topological polar surface area (TPSA) is 62.5 Å². The molecule has 0 spiro atoms. The van der Waals surface area contributed by atoms with Gasteiger partial charge in [0.1, 0.15) is 5.82 Å². The number of halogens is 1. The minimum absolute atomic E-state index is 0.0603. The first kappa shape index (κ1) is 19.9. The zero-order valence-electron chi connectivity index (χ0n) is 17.3. The molecule has 1 aliphatic heterocycles. The number of para-hydroxylation sites is 1. The molecule has 2 heterocycles. The summed E-state index contributed by atoms with van der Waals surface area (Å²) >= 11 is 0. The fourth-order valence-corrected chi connectivity index (χ4v) is 3.88. The van der Waals surface area contributed by atoms with E-state index in [1.165, 1.54) is 17.8 Å². The summed E-state index contributed by atoms with van der Waals surface area (Å²) in [6.45, 7) is 2.81. The van der Waals surface area contributed by atoms with E-state index in [-0.39, 0.29) is 17.6 Å². The third-order valence-corrected chi connectivity index (χ3v) is 5.60. The molecule has 1 aliphatic rings. The second-order valence-corrected chi connectivity index (χ2v) is 7.59. The Labute approximate surface area is 184 Å². The van der Waals surface area contributed by atoms with Gasteiger partial charge >= 0.3 is 0 Å². The minimum Gasteiger partial charge on any atom is -0.368 e. The van der Waals surface area contributed by atoms with E-state index in [4.69, 9.17) is 4.52 Å². The average molecular weight is 428 g/mol. The van der Waals surface area contributed by atoms with Crippen LogP contribution >= 0.6 is 0 Å². The van der Waals surface area contributed by atoms with Crippen molar-refractivity contribution in [3.05, 3.63) is 90.2 Å². The van der Waals surface area contributed by atoms with Gasteiger partial charge in [-0.25, -0.2) is 4.39 Å². The van der Waals surface area contributed by atoms with Crippen LogP contribution in [-0.2, 0) is 0 Å². The SMILES string of the molecule is O=C(c1ccccc1-c1nc(-c2ccc(F)cc2)no1)N1CCN(c2ccccc2)CC1. The lowest BCUT2D eigenvalue weighted by molar-refractivity contribution is 0.0747.